The van der Waals surface area contributed by atoms with E-state index in [1.807, 2.05) is 135 Å². The summed E-state index contributed by atoms with van der Waals surface area (Å²) in [7, 11) is 0.962. The third-order valence-electron chi connectivity index (χ3n) is 12.4. The van der Waals surface area contributed by atoms with Gasteiger partial charge in [-0.3, -0.25) is 34.5 Å². The molecular weight excluding hydrogens is 1140 g/mol. The Hall–Kier alpha value is -8.83. The van der Waals surface area contributed by atoms with Gasteiger partial charge in [-0.2, -0.15) is 0 Å². The third kappa shape index (κ3) is 21.0. The predicted molar refractivity (Wildman–Crippen MR) is 315 cm³/mol. The van der Waals surface area contributed by atoms with Gasteiger partial charge < -0.3 is 40.3 Å². The van der Waals surface area contributed by atoms with Crippen LogP contribution < -0.4 is 81.0 Å². The molecule has 0 atom stereocenters. The van der Waals surface area contributed by atoms with E-state index >= 15 is 0 Å². The SMILES string of the molecule is COC(=O)/C=C/c1ccccc1N1CCN(c2ccc(C)cc2)C1=O.COC(=O)/C=C/c1ccccc1N1CCNC1=O.Cc1ccc(N2CCN(c3ccccc3/C=C/C(=O)NO)C2=O)cc1.NO.OB(O)c1ccc(OC(F)(F)F)cc1.[Na+].[OH-]. The molecule has 9 N–H and O–H groups in total. The number of alkyl halides is 3. The van der Waals surface area contributed by atoms with Gasteiger partial charge in [-0.05, 0) is 109 Å². The Morgan fingerprint density at radius 1 is 0.570 bits per heavy atom. The summed E-state index contributed by atoms with van der Waals surface area (Å²) in [4.78, 5) is 79.6. The number of ether oxygens (including phenoxy) is 3. The van der Waals surface area contributed by atoms with Crippen molar-refractivity contribution in [3.8, 4) is 5.75 Å². The molecule has 0 aromatic heterocycles. The number of anilines is 5. The minimum Gasteiger partial charge on any atom is -0.870 e. The zero-order valence-electron chi connectivity index (χ0n) is 47.5. The van der Waals surface area contributed by atoms with Crippen LogP contribution in [0.3, 0.4) is 0 Å². The second kappa shape index (κ2) is 35.5. The van der Waals surface area contributed by atoms with E-state index in [0.717, 1.165) is 80.5 Å². The Kier molecular flexibility index (Phi) is 29.5. The Labute approximate surface area is 516 Å². The molecule has 7 amide bonds. The van der Waals surface area contributed by atoms with Crippen LogP contribution in [0, 0.1) is 13.8 Å². The van der Waals surface area contributed by atoms with Gasteiger partial charge in [0, 0.05) is 68.9 Å². The van der Waals surface area contributed by atoms with Crippen LogP contribution in [0.2, 0.25) is 0 Å². The molecule has 86 heavy (non-hydrogen) atoms. The number of benzene rings is 6. The van der Waals surface area contributed by atoms with E-state index < -0.39 is 37.1 Å². The van der Waals surface area contributed by atoms with Crippen LogP contribution in [0.1, 0.15) is 27.8 Å². The van der Waals surface area contributed by atoms with E-state index in [2.05, 4.69) is 25.4 Å². The topological polar surface area (TPSA) is 307 Å². The summed E-state index contributed by atoms with van der Waals surface area (Å²) in [5.74, 6) is 1.63. The van der Waals surface area contributed by atoms with Crippen LogP contribution in [0.5, 0.6) is 5.75 Å². The molecule has 0 saturated carbocycles. The number of nitrogens with one attached hydrogen (secondary N) is 2. The van der Waals surface area contributed by atoms with Crippen LogP contribution in [0.15, 0.2) is 164 Å². The monoisotopic (exact) mass is 1200 g/mol. The van der Waals surface area contributed by atoms with Gasteiger partial charge >= 0.3 is 73.1 Å². The number of esters is 2. The minimum absolute atomic E-state index is 0. The van der Waals surface area contributed by atoms with Crippen molar-refractivity contribution in [2.45, 2.75) is 20.2 Å². The molecule has 6 aromatic rings. The van der Waals surface area contributed by atoms with Crippen molar-refractivity contribution in [2.75, 3.05) is 78.0 Å². The van der Waals surface area contributed by atoms with Gasteiger partial charge in [0.15, 0.2) is 0 Å². The molecule has 448 valence electrons. The summed E-state index contributed by atoms with van der Waals surface area (Å²) in [6, 6.07) is 42.0. The minimum atomic E-state index is -4.74. The fourth-order valence-electron chi connectivity index (χ4n) is 8.27. The maximum atomic E-state index is 12.9. The number of para-hydroxylation sites is 3. The number of hydrogen-bond acceptors (Lipinski definition) is 15. The molecule has 3 heterocycles. The number of nitrogens with zero attached hydrogens (tertiary/aromatic N) is 5. The molecule has 6 aromatic carbocycles. The molecule has 0 aliphatic carbocycles. The number of hydrogen-bond donors (Lipinski definition) is 7. The predicted octanol–water partition coefficient (Wildman–Crippen LogP) is 4.42. The fourth-order valence-corrected chi connectivity index (χ4v) is 8.27. The first-order valence-electron chi connectivity index (χ1n) is 25.6. The van der Waals surface area contributed by atoms with Crippen molar-refractivity contribution in [2.24, 2.45) is 5.90 Å². The van der Waals surface area contributed by atoms with E-state index in [-0.39, 0.29) is 58.6 Å². The van der Waals surface area contributed by atoms with Crippen LogP contribution in [0.4, 0.5) is 56.0 Å². The zero-order valence-corrected chi connectivity index (χ0v) is 49.5. The molecule has 0 bridgehead atoms. The molecule has 3 fully saturated rings. The number of amides is 7. The van der Waals surface area contributed by atoms with Gasteiger partial charge in [-0.15, -0.1) is 13.2 Å². The molecular formula is C59H63BF3N8NaO14. The molecule has 0 spiro atoms. The molecule has 0 radical (unpaired) electrons. The summed E-state index contributed by atoms with van der Waals surface area (Å²) in [6.45, 7) is 7.65. The fraction of sp³-hybridized carbons (Fsp3) is 0.186. The van der Waals surface area contributed by atoms with E-state index in [0.29, 0.717) is 39.3 Å². The molecule has 9 rings (SSSR count). The molecule has 3 aliphatic rings. The van der Waals surface area contributed by atoms with Gasteiger partial charge in [-0.25, -0.2) is 35.3 Å². The van der Waals surface area contributed by atoms with Crippen molar-refractivity contribution in [1.29, 1.82) is 0 Å². The molecule has 27 heteroatoms. The van der Waals surface area contributed by atoms with Crippen LogP contribution in [-0.2, 0) is 23.9 Å². The quantitative estimate of drug-likeness (QED) is 0.0277. The first-order chi connectivity index (χ1) is 40.3. The summed E-state index contributed by atoms with van der Waals surface area (Å²) in [6.07, 6.45) is 4.07. The van der Waals surface area contributed by atoms with Crippen molar-refractivity contribution in [3.63, 3.8) is 0 Å². The summed E-state index contributed by atoms with van der Waals surface area (Å²) < 4.78 is 47.8. The average Bonchev–Trinajstić information content (AvgIpc) is 2.58. The van der Waals surface area contributed by atoms with E-state index in [9.17, 15) is 41.9 Å². The summed E-state index contributed by atoms with van der Waals surface area (Å²) in [5, 5.41) is 35.1. The number of halogens is 3. The Balaban J connectivity index is 0.000000302. The van der Waals surface area contributed by atoms with Gasteiger partial charge in [0.2, 0.25) is 0 Å². The van der Waals surface area contributed by atoms with E-state index in [4.69, 9.17) is 20.5 Å². The number of methoxy groups -OCH3 is 2. The van der Waals surface area contributed by atoms with Crippen LogP contribution >= 0.6 is 0 Å². The number of carbonyl (C=O) groups is 6. The molecule has 3 aliphatic heterocycles. The van der Waals surface area contributed by atoms with Crippen LogP contribution in [-0.4, -0.2) is 129 Å². The first-order valence-corrected chi connectivity index (χ1v) is 25.6. The van der Waals surface area contributed by atoms with Crippen molar-refractivity contribution < 1.29 is 112 Å². The van der Waals surface area contributed by atoms with Gasteiger partial charge in [-0.1, -0.05) is 102 Å². The normalized spacial score (nSPS) is 13.4. The second-order valence-electron chi connectivity index (χ2n) is 17.9. The zero-order chi connectivity index (χ0) is 61.3. The van der Waals surface area contributed by atoms with E-state index in [1.54, 1.807) is 48.2 Å². The second-order valence-corrected chi connectivity index (χ2v) is 17.9. The maximum absolute atomic E-state index is 12.9. The van der Waals surface area contributed by atoms with Crippen molar-refractivity contribution in [3.05, 3.63) is 192 Å². The molecule has 0 unspecified atom stereocenters. The molecule has 22 nitrogen and oxygen atoms in total. The number of rotatable bonds is 13. The Morgan fingerprint density at radius 3 is 1.29 bits per heavy atom. The van der Waals surface area contributed by atoms with Gasteiger partial charge in [0.05, 0.1) is 31.3 Å². The Bertz CT molecular complexity index is 3150. The Morgan fingerprint density at radius 2 is 0.942 bits per heavy atom. The number of nitrogens with two attached hydrogens (primary N) is 1. The number of aryl methyl sites for hydroxylation is 2. The summed E-state index contributed by atoms with van der Waals surface area (Å²) in [5.41, 5.74) is 10.3. The number of urea groups is 3. The van der Waals surface area contributed by atoms with Crippen molar-refractivity contribution in [1.82, 2.24) is 10.8 Å². The maximum Gasteiger partial charge on any atom is 1.00 e. The largest absolute Gasteiger partial charge is 1.00 e. The first kappa shape index (κ1) is 71.4. The number of carbonyl (C=O) groups excluding carboxylic acids is 6. The summed E-state index contributed by atoms with van der Waals surface area (Å²) >= 11 is 0. The van der Waals surface area contributed by atoms with Gasteiger partial charge in [0.1, 0.15) is 5.75 Å². The standard InChI is InChI=1S/C20H20N2O3.C19H19N3O3.C13H14N2O3.C7H6BF3O3.H3NO.Na.H2O/c1-15-7-10-17(11-8-15)21-13-14-22(20(21)24)18-6-4-3-5-16(18)9-12-19(23)25-2;1-14-6-9-16(10-7-14)21-12-13-22(19(21)24)17-5-3-2-4-15(17)8-11-18(23)20-25;1-18-12(16)7-6-10-4-2-3-5-11(10)15-9-8-14-13(15)17;9-7(10,11)14-6-3-1-5(2-4-6)8(12)13;1-2;;/h3-12H,13-14H2,1-2H3;2-11,25H,12-13H2,1H3,(H,20,23);2-7H,8-9H2,1H3,(H,14,17);1-4,12-13H;2H,1H2;;1H2/q;;;;;+1;/p-1/b12-9+;11-8+;7-6+;;;;. The van der Waals surface area contributed by atoms with Crippen LogP contribution in [0.25, 0.3) is 18.2 Å². The third-order valence-corrected chi connectivity index (χ3v) is 12.4. The number of hydroxylamine groups is 1. The van der Waals surface area contributed by atoms with E-state index in [1.165, 1.54) is 32.4 Å². The average molecular weight is 1200 g/mol. The smallest absolute Gasteiger partial charge is 0.870 e. The van der Waals surface area contributed by atoms with Gasteiger partial charge in [0.25, 0.3) is 5.91 Å². The molecule has 3 saturated heterocycles. The van der Waals surface area contributed by atoms with Crippen molar-refractivity contribution >= 4 is 95.2 Å².